The summed E-state index contributed by atoms with van der Waals surface area (Å²) in [5.41, 5.74) is 2.61. The summed E-state index contributed by atoms with van der Waals surface area (Å²) in [4.78, 5) is 2.49. The molecular formula is C15H21ClN2. The van der Waals surface area contributed by atoms with Gasteiger partial charge in [0.05, 0.1) is 0 Å². The molecule has 1 unspecified atom stereocenters. The molecule has 0 bridgehead atoms. The van der Waals surface area contributed by atoms with Gasteiger partial charge in [-0.15, -0.1) is 0 Å². The molecule has 1 heterocycles. The smallest absolute Gasteiger partial charge is 0.0471 e. The third-order valence-electron chi connectivity index (χ3n) is 4.00. The number of rotatable bonds is 4. The lowest BCUT2D eigenvalue weighted by Gasteiger charge is -2.23. The SMILES string of the molecule is CC1CCN(c2cccc(Cl)c2CNC2CC2)C1. The monoisotopic (exact) mass is 264 g/mol. The fourth-order valence-corrected chi connectivity index (χ4v) is 2.94. The Balaban J connectivity index is 1.80. The van der Waals surface area contributed by atoms with Gasteiger partial charge in [0.15, 0.2) is 0 Å². The summed E-state index contributed by atoms with van der Waals surface area (Å²) in [5, 5.41) is 4.48. The summed E-state index contributed by atoms with van der Waals surface area (Å²) >= 11 is 6.38. The first-order chi connectivity index (χ1) is 8.74. The molecule has 1 saturated heterocycles. The normalized spacial score (nSPS) is 23.7. The van der Waals surface area contributed by atoms with Gasteiger partial charge in [0.2, 0.25) is 0 Å². The van der Waals surface area contributed by atoms with Crippen LogP contribution in [0.3, 0.4) is 0 Å². The van der Waals surface area contributed by atoms with Crippen molar-refractivity contribution in [2.45, 2.75) is 38.8 Å². The summed E-state index contributed by atoms with van der Waals surface area (Å²) in [6, 6.07) is 7.02. The molecule has 1 atom stereocenters. The van der Waals surface area contributed by atoms with E-state index in [1.54, 1.807) is 0 Å². The highest BCUT2D eigenvalue weighted by Crippen LogP contribution is 2.32. The third-order valence-corrected chi connectivity index (χ3v) is 4.36. The van der Waals surface area contributed by atoms with Crippen LogP contribution in [0.5, 0.6) is 0 Å². The predicted octanol–water partition coefficient (Wildman–Crippen LogP) is 3.44. The van der Waals surface area contributed by atoms with E-state index in [9.17, 15) is 0 Å². The minimum atomic E-state index is 0.728. The quantitative estimate of drug-likeness (QED) is 0.896. The van der Waals surface area contributed by atoms with Gasteiger partial charge in [-0.1, -0.05) is 24.6 Å². The van der Waals surface area contributed by atoms with E-state index >= 15 is 0 Å². The van der Waals surface area contributed by atoms with E-state index in [2.05, 4.69) is 29.3 Å². The minimum Gasteiger partial charge on any atom is -0.371 e. The van der Waals surface area contributed by atoms with Crippen molar-refractivity contribution < 1.29 is 0 Å². The number of hydrogen-bond donors (Lipinski definition) is 1. The number of nitrogens with one attached hydrogen (secondary N) is 1. The molecule has 0 aromatic heterocycles. The standard InChI is InChI=1S/C15H21ClN2/c1-11-7-8-18(10-11)15-4-2-3-14(16)13(15)9-17-12-5-6-12/h2-4,11-12,17H,5-10H2,1H3. The molecule has 18 heavy (non-hydrogen) atoms. The van der Waals surface area contributed by atoms with E-state index in [-0.39, 0.29) is 0 Å². The first-order valence-corrected chi connectivity index (χ1v) is 7.37. The Morgan fingerprint density at radius 3 is 2.83 bits per heavy atom. The van der Waals surface area contributed by atoms with Crippen LogP contribution in [0.25, 0.3) is 0 Å². The fourth-order valence-electron chi connectivity index (χ4n) is 2.71. The second kappa shape index (κ2) is 5.10. The molecule has 2 nitrogen and oxygen atoms in total. The van der Waals surface area contributed by atoms with Crippen LogP contribution in [0.15, 0.2) is 18.2 Å². The molecule has 1 aliphatic carbocycles. The van der Waals surface area contributed by atoms with E-state index < -0.39 is 0 Å². The molecule has 1 N–H and O–H groups in total. The first-order valence-electron chi connectivity index (χ1n) is 7.00. The van der Waals surface area contributed by atoms with Gasteiger partial charge in [-0.2, -0.15) is 0 Å². The van der Waals surface area contributed by atoms with Crippen LogP contribution in [-0.2, 0) is 6.54 Å². The maximum absolute atomic E-state index is 6.38. The molecule has 1 aromatic rings. The topological polar surface area (TPSA) is 15.3 Å². The Morgan fingerprint density at radius 2 is 2.17 bits per heavy atom. The highest BCUT2D eigenvalue weighted by Gasteiger charge is 2.24. The largest absolute Gasteiger partial charge is 0.371 e. The van der Waals surface area contributed by atoms with E-state index in [4.69, 9.17) is 11.6 Å². The first kappa shape index (κ1) is 12.3. The highest BCUT2D eigenvalue weighted by molar-refractivity contribution is 6.31. The van der Waals surface area contributed by atoms with Gasteiger partial charge in [-0.05, 0) is 37.3 Å². The van der Waals surface area contributed by atoms with Crippen LogP contribution in [0.4, 0.5) is 5.69 Å². The lowest BCUT2D eigenvalue weighted by atomic mass is 10.1. The Hall–Kier alpha value is -0.730. The Kier molecular flexibility index (Phi) is 3.49. The molecule has 2 fully saturated rings. The zero-order chi connectivity index (χ0) is 12.5. The molecule has 0 radical (unpaired) electrons. The molecular weight excluding hydrogens is 244 g/mol. The van der Waals surface area contributed by atoms with Crippen molar-refractivity contribution in [3.63, 3.8) is 0 Å². The van der Waals surface area contributed by atoms with E-state index in [1.165, 1.54) is 30.5 Å². The second-order valence-corrected chi connectivity index (χ2v) is 6.14. The van der Waals surface area contributed by atoms with Crippen molar-refractivity contribution in [3.05, 3.63) is 28.8 Å². The number of hydrogen-bond acceptors (Lipinski definition) is 2. The van der Waals surface area contributed by atoms with Gasteiger partial charge in [0.1, 0.15) is 0 Å². The van der Waals surface area contributed by atoms with Crippen molar-refractivity contribution in [1.29, 1.82) is 0 Å². The zero-order valence-electron chi connectivity index (χ0n) is 11.0. The maximum atomic E-state index is 6.38. The van der Waals surface area contributed by atoms with Crippen LogP contribution in [-0.4, -0.2) is 19.1 Å². The van der Waals surface area contributed by atoms with Crippen LogP contribution in [0.2, 0.25) is 5.02 Å². The van der Waals surface area contributed by atoms with E-state index in [0.29, 0.717) is 0 Å². The van der Waals surface area contributed by atoms with Gasteiger partial charge in [-0.25, -0.2) is 0 Å². The van der Waals surface area contributed by atoms with Crippen molar-refractivity contribution in [2.75, 3.05) is 18.0 Å². The molecule has 98 valence electrons. The summed E-state index contributed by atoms with van der Waals surface area (Å²) in [6.07, 6.45) is 3.93. The van der Waals surface area contributed by atoms with Crippen molar-refractivity contribution in [3.8, 4) is 0 Å². The minimum absolute atomic E-state index is 0.728. The summed E-state index contributed by atoms with van der Waals surface area (Å²) in [6.45, 7) is 5.56. The van der Waals surface area contributed by atoms with Crippen LogP contribution < -0.4 is 10.2 Å². The maximum Gasteiger partial charge on any atom is 0.0471 e. The number of benzene rings is 1. The molecule has 1 aromatic carbocycles. The molecule has 2 aliphatic rings. The van der Waals surface area contributed by atoms with Gasteiger partial charge in [0, 0.05) is 41.9 Å². The van der Waals surface area contributed by atoms with E-state index in [0.717, 1.165) is 36.6 Å². The molecule has 3 rings (SSSR count). The van der Waals surface area contributed by atoms with Crippen LogP contribution in [0, 0.1) is 5.92 Å². The zero-order valence-corrected chi connectivity index (χ0v) is 11.7. The van der Waals surface area contributed by atoms with Crippen molar-refractivity contribution in [1.82, 2.24) is 5.32 Å². The van der Waals surface area contributed by atoms with Gasteiger partial charge in [-0.3, -0.25) is 0 Å². The second-order valence-electron chi connectivity index (χ2n) is 5.73. The Labute approximate surface area is 114 Å². The van der Waals surface area contributed by atoms with E-state index in [1.807, 2.05) is 6.07 Å². The number of halogens is 1. The highest BCUT2D eigenvalue weighted by atomic mass is 35.5. The average Bonchev–Trinajstić information content (AvgIpc) is 3.08. The average molecular weight is 265 g/mol. The Bertz CT molecular complexity index is 429. The summed E-state index contributed by atoms with van der Waals surface area (Å²) in [7, 11) is 0. The lowest BCUT2D eigenvalue weighted by Crippen LogP contribution is -2.23. The summed E-state index contributed by atoms with van der Waals surface area (Å²) in [5.74, 6) is 0.799. The molecule has 3 heteroatoms. The number of nitrogens with zero attached hydrogens (tertiary/aromatic N) is 1. The van der Waals surface area contributed by atoms with Gasteiger partial charge in [0.25, 0.3) is 0 Å². The predicted molar refractivity (Wildman–Crippen MR) is 77.3 cm³/mol. The third kappa shape index (κ3) is 2.65. The molecule has 1 aliphatic heterocycles. The van der Waals surface area contributed by atoms with Crippen molar-refractivity contribution in [2.24, 2.45) is 5.92 Å². The van der Waals surface area contributed by atoms with Crippen molar-refractivity contribution >= 4 is 17.3 Å². The van der Waals surface area contributed by atoms with Crippen LogP contribution >= 0.6 is 11.6 Å². The summed E-state index contributed by atoms with van der Waals surface area (Å²) < 4.78 is 0. The van der Waals surface area contributed by atoms with Gasteiger partial charge < -0.3 is 10.2 Å². The van der Waals surface area contributed by atoms with Crippen LogP contribution in [0.1, 0.15) is 31.7 Å². The fraction of sp³-hybridized carbons (Fsp3) is 0.600. The number of anilines is 1. The lowest BCUT2D eigenvalue weighted by molar-refractivity contribution is 0.658. The molecule has 1 saturated carbocycles. The van der Waals surface area contributed by atoms with Gasteiger partial charge >= 0.3 is 0 Å². The Morgan fingerprint density at radius 1 is 1.33 bits per heavy atom. The molecule has 0 spiro atoms. The molecule has 0 amide bonds.